The third-order valence-electron chi connectivity index (χ3n) is 5.70. The molecule has 1 aromatic carbocycles. The van der Waals surface area contributed by atoms with Crippen molar-refractivity contribution in [1.82, 2.24) is 14.7 Å². The minimum Gasteiger partial charge on any atom is -0.494 e. The Morgan fingerprint density at radius 2 is 2.12 bits per heavy atom. The number of methoxy groups -OCH3 is 1. The highest BCUT2D eigenvalue weighted by Crippen LogP contribution is 2.35. The van der Waals surface area contributed by atoms with Gasteiger partial charge in [0, 0.05) is 38.0 Å². The second-order valence-electron chi connectivity index (χ2n) is 7.31. The van der Waals surface area contributed by atoms with E-state index in [1.807, 2.05) is 35.1 Å². The van der Waals surface area contributed by atoms with E-state index in [0.717, 1.165) is 63.4 Å². The molecule has 1 aromatic heterocycles. The van der Waals surface area contributed by atoms with Gasteiger partial charge in [-0.2, -0.15) is 5.10 Å². The van der Waals surface area contributed by atoms with Crippen LogP contribution in [0.4, 0.5) is 0 Å². The predicted octanol–water partition coefficient (Wildman–Crippen LogP) is 2.39. The van der Waals surface area contributed by atoms with Gasteiger partial charge in [-0.1, -0.05) is 12.1 Å². The zero-order valence-electron chi connectivity index (χ0n) is 15.3. The first kappa shape index (κ1) is 17.5. The Labute approximate surface area is 154 Å². The summed E-state index contributed by atoms with van der Waals surface area (Å²) in [5, 5.41) is 14.9. The molecule has 0 aliphatic carbocycles. The minimum absolute atomic E-state index is 0.309. The Kier molecular flexibility index (Phi) is 4.98. The highest BCUT2D eigenvalue weighted by Gasteiger charge is 2.43. The monoisotopic (exact) mass is 357 g/mol. The number of para-hydroxylation sites is 2. The van der Waals surface area contributed by atoms with E-state index in [2.05, 4.69) is 16.2 Å². The van der Waals surface area contributed by atoms with Crippen LogP contribution in [0, 0.1) is 0 Å². The number of aliphatic hydroxyl groups is 1. The average Bonchev–Trinajstić information content (AvgIpc) is 3.14. The van der Waals surface area contributed by atoms with E-state index in [0.29, 0.717) is 0 Å². The topological polar surface area (TPSA) is 59.8 Å². The van der Waals surface area contributed by atoms with Crippen LogP contribution in [0.2, 0.25) is 0 Å². The lowest BCUT2D eigenvalue weighted by molar-refractivity contribution is -0.177. The SMILES string of the molecule is COc1ccccc1-n1cc(CN2CCC3(CC2)OCCCC3O)cn1. The van der Waals surface area contributed by atoms with Crippen LogP contribution in [-0.2, 0) is 11.3 Å². The number of aromatic nitrogens is 2. The zero-order chi connectivity index (χ0) is 18.0. The molecule has 2 aliphatic rings. The maximum absolute atomic E-state index is 10.4. The van der Waals surface area contributed by atoms with E-state index in [9.17, 15) is 5.11 Å². The van der Waals surface area contributed by atoms with Crippen molar-refractivity contribution in [2.24, 2.45) is 0 Å². The molecule has 1 atom stereocenters. The van der Waals surface area contributed by atoms with Gasteiger partial charge in [0.15, 0.2) is 0 Å². The van der Waals surface area contributed by atoms with Gasteiger partial charge < -0.3 is 14.6 Å². The number of aliphatic hydroxyl groups excluding tert-OH is 1. The third-order valence-corrected chi connectivity index (χ3v) is 5.70. The molecule has 1 N–H and O–H groups in total. The van der Waals surface area contributed by atoms with Gasteiger partial charge in [0.05, 0.1) is 25.0 Å². The second kappa shape index (κ2) is 7.39. The van der Waals surface area contributed by atoms with Crippen LogP contribution in [0.3, 0.4) is 0 Å². The summed E-state index contributed by atoms with van der Waals surface area (Å²) in [5.41, 5.74) is 1.81. The molecule has 1 unspecified atom stereocenters. The average molecular weight is 357 g/mol. The van der Waals surface area contributed by atoms with E-state index in [1.54, 1.807) is 7.11 Å². The molecule has 140 valence electrons. The van der Waals surface area contributed by atoms with Gasteiger partial charge in [-0.05, 0) is 37.8 Å². The molecule has 0 radical (unpaired) electrons. The third kappa shape index (κ3) is 3.37. The lowest BCUT2D eigenvalue weighted by Gasteiger charge is -2.46. The maximum Gasteiger partial charge on any atom is 0.144 e. The van der Waals surface area contributed by atoms with Crippen LogP contribution in [0.25, 0.3) is 5.69 Å². The number of benzene rings is 1. The maximum atomic E-state index is 10.4. The largest absolute Gasteiger partial charge is 0.494 e. The Morgan fingerprint density at radius 3 is 2.88 bits per heavy atom. The van der Waals surface area contributed by atoms with E-state index < -0.39 is 0 Å². The Balaban J connectivity index is 1.40. The molecule has 1 spiro atoms. The number of ether oxygens (including phenoxy) is 2. The van der Waals surface area contributed by atoms with Crippen molar-refractivity contribution in [3.63, 3.8) is 0 Å². The van der Waals surface area contributed by atoms with Gasteiger partial charge in [-0.3, -0.25) is 4.90 Å². The Hall–Kier alpha value is -1.89. The van der Waals surface area contributed by atoms with Crippen LogP contribution >= 0.6 is 0 Å². The first-order valence-electron chi connectivity index (χ1n) is 9.41. The minimum atomic E-state index is -0.313. The Bertz CT molecular complexity index is 737. The predicted molar refractivity (Wildman–Crippen MR) is 98.6 cm³/mol. The van der Waals surface area contributed by atoms with Gasteiger partial charge in [0.25, 0.3) is 0 Å². The molecular formula is C20H27N3O3. The summed E-state index contributed by atoms with van der Waals surface area (Å²) in [6, 6.07) is 7.88. The molecule has 3 heterocycles. The lowest BCUT2D eigenvalue weighted by Crippen LogP contribution is -2.55. The highest BCUT2D eigenvalue weighted by atomic mass is 16.5. The van der Waals surface area contributed by atoms with Crippen molar-refractivity contribution in [3.05, 3.63) is 42.2 Å². The summed E-state index contributed by atoms with van der Waals surface area (Å²) in [5.74, 6) is 0.811. The summed E-state index contributed by atoms with van der Waals surface area (Å²) in [6.45, 7) is 3.53. The normalized spacial score (nSPS) is 23.2. The summed E-state index contributed by atoms with van der Waals surface area (Å²) >= 11 is 0. The molecular weight excluding hydrogens is 330 g/mol. The van der Waals surface area contributed by atoms with Crippen LogP contribution in [0.5, 0.6) is 5.75 Å². The smallest absolute Gasteiger partial charge is 0.144 e. The van der Waals surface area contributed by atoms with E-state index in [1.165, 1.54) is 5.56 Å². The van der Waals surface area contributed by atoms with Crippen LogP contribution < -0.4 is 4.74 Å². The lowest BCUT2D eigenvalue weighted by atomic mass is 9.82. The fourth-order valence-corrected chi connectivity index (χ4v) is 4.13. The number of likely N-dealkylation sites (tertiary alicyclic amines) is 1. The van der Waals surface area contributed by atoms with E-state index in [-0.39, 0.29) is 11.7 Å². The Morgan fingerprint density at radius 1 is 1.31 bits per heavy atom. The van der Waals surface area contributed by atoms with E-state index >= 15 is 0 Å². The second-order valence-corrected chi connectivity index (χ2v) is 7.31. The van der Waals surface area contributed by atoms with Crippen molar-refractivity contribution in [3.8, 4) is 11.4 Å². The van der Waals surface area contributed by atoms with Crippen LogP contribution in [0.15, 0.2) is 36.7 Å². The van der Waals surface area contributed by atoms with Crippen LogP contribution in [0.1, 0.15) is 31.2 Å². The molecule has 2 aromatic rings. The van der Waals surface area contributed by atoms with E-state index in [4.69, 9.17) is 9.47 Å². The van der Waals surface area contributed by atoms with Crippen LogP contribution in [-0.4, -0.2) is 58.3 Å². The molecule has 0 amide bonds. The van der Waals surface area contributed by atoms with Gasteiger partial charge in [0.2, 0.25) is 0 Å². The quantitative estimate of drug-likeness (QED) is 0.910. The molecule has 2 aliphatic heterocycles. The molecule has 26 heavy (non-hydrogen) atoms. The van der Waals surface area contributed by atoms with Gasteiger partial charge in [0.1, 0.15) is 11.4 Å². The standard InChI is InChI=1S/C20H27N3O3/c1-25-18-6-3-2-5-17(18)23-15-16(13-21-23)14-22-10-8-20(9-11-22)19(24)7-4-12-26-20/h2-3,5-6,13,15,19,24H,4,7-12,14H2,1H3. The zero-order valence-corrected chi connectivity index (χ0v) is 15.3. The summed E-state index contributed by atoms with van der Waals surface area (Å²) in [7, 11) is 1.68. The van der Waals surface area contributed by atoms with Crippen molar-refractivity contribution in [1.29, 1.82) is 0 Å². The van der Waals surface area contributed by atoms with Crippen molar-refractivity contribution in [2.45, 2.75) is 43.9 Å². The molecule has 2 fully saturated rings. The first-order chi connectivity index (χ1) is 12.7. The van der Waals surface area contributed by atoms with Gasteiger partial charge in [-0.15, -0.1) is 0 Å². The van der Waals surface area contributed by atoms with Crippen molar-refractivity contribution < 1.29 is 14.6 Å². The molecule has 4 rings (SSSR count). The number of piperidine rings is 1. The van der Waals surface area contributed by atoms with Crippen molar-refractivity contribution >= 4 is 0 Å². The number of hydrogen-bond acceptors (Lipinski definition) is 5. The molecule has 2 saturated heterocycles. The summed E-state index contributed by atoms with van der Waals surface area (Å²) in [6.07, 6.45) is 7.30. The highest BCUT2D eigenvalue weighted by molar-refractivity contribution is 5.46. The molecule has 6 nitrogen and oxygen atoms in total. The number of nitrogens with zero attached hydrogens (tertiary/aromatic N) is 3. The first-order valence-corrected chi connectivity index (χ1v) is 9.41. The number of hydrogen-bond donors (Lipinski definition) is 1. The number of rotatable bonds is 4. The summed E-state index contributed by atoms with van der Waals surface area (Å²) < 4.78 is 13.3. The summed E-state index contributed by atoms with van der Waals surface area (Å²) in [4.78, 5) is 2.42. The molecule has 0 bridgehead atoms. The van der Waals surface area contributed by atoms with Gasteiger partial charge in [-0.25, -0.2) is 4.68 Å². The fourth-order valence-electron chi connectivity index (χ4n) is 4.13. The van der Waals surface area contributed by atoms with Crippen molar-refractivity contribution in [2.75, 3.05) is 26.8 Å². The fraction of sp³-hybridized carbons (Fsp3) is 0.550. The van der Waals surface area contributed by atoms with Gasteiger partial charge >= 0.3 is 0 Å². The molecule has 0 saturated carbocycles. The molecule has 6 heteroatoms.